The average molecular weight is 413 g/mol. The van der Waals surface area contributed by atoms with Crippen LogP contribution in [-0.2, 0) is 10.0 Å². The largest absolute Gasteiger partial charge is 0.369 e. The van der Waals surface area contributed by atoms with Crippen LogP contribution in [0.3, 0.4) is 0 Å². The van der Waals surface area contributed by atoms with Gasteiger partial charge in [-0.1, -0.05) is 6.92 Å². The number of hydrogen-bond donors (Lipinski definition) is 1. The summed E-state index contributed by atoms with van der Waals surface area (Å²) in [6.07, 6.45) is 2.13. The molecule has 0 radical (unpaired) electrons. The smallest absolute Gasteiger partial charge is 0.211 e. The van der Waals surface area contributed by atoms with Crippen molar-refractivity contribution in [3.63, 3.8) is 0 Å². The fraction of sp³-hybridized carbons (Fsp3) is 0.700. The Morgan fingerprint density at radius 1 is 1.21 bits per heavy atom. The molecule has 0 spiro atoms. The number of benzene rings is 1. The fourth-order valence-corrected chi connectivity index (χ4v) is 5.10. The molecule has 2 saturated heterocycles. The van der Waals surface area contributed by atoms with Crippen molar-refractivity contribution in [3.8, 4) is 0 Å². The highest BCUT2D eigenvalue weighted by atomic mass is 32.2. The molecule has 1 N–H and O–H groups in total. The van der Waals surface area contributed by atoms with E-state index in [9.17, 15) is 12.8 Å². The zero-order chi connectivity index (χ0) is 20.3. The Bertz CT molecular complexity index is 765. The molecule has 2 aliphatic heterocycles. The molecule has 1 aromatic rings. The van der Waals surface area contributed by atoms with E-state index in [0.29, 0.717) is 19.0 Å². The Morgan fingerprint density at radius 3 is 2.54 bits per heavy atom. The number of likely N-dealkylation sites (N-methyl/N-ethyl adjacent to an activating group) is 1. The third kappa shape index (κ3) is 5.23. The maximum Gasteiger partial charge on any atom is 0.211 e. The van der Waals surface area contributed by atoms with Gasteiger partial charge < -0.3 is 15.1 Å². The van der Waals surface area contributed by atoms with E-state index in [4.69, 9.17) is 0 Å². The SMILES string of the molecule is CCN1CCN(c2ccc(F)cc2[C@@H](C)NC[C@@H]2CCN(S(C)(=O)=O)C2)CC1. The van der Waals surface area contributed by atoms with Crippen LogP contribution in [0.25, 0.3) is 0 Å². The quantitative estimate of drug-likeness (QED) is 0.741. The van der Waals surface area contributed by atoms with Crippen molar-refractivity contribution in [3.05, 3.63) is 29.6 Å². The second-order valence-corrected chi connectivity index (χ2v) is 10.0. The number of rotatable bonds is 7. The van der Waals surface area contributed by atoms with E-state index >= 15 is 0 Å². The third-order valence-electron chi connectivity index (χ3n) is 6.05. The predicted octanol–water partition coefficient (Wildman–Crippen LogP) is 1.90. The Labute approximate surface area is 168 Å². The van der Waals surface area contributed by atoms with Crippen LogP contribution in [0.1, 0.15) is 31.9 Å². The summed E-state index contributed by atoms with van der Waals surface area (Å²) < 4.78 is 38.9. The highest BCUT2D eigenvalue weighted by Gasteiger charge is 2.29. The van der Waals surface area contributed by atoms with Gasteiger partial charge in [0.05, 0.1) is 6.26 Å². The third-order valence-corrected chi connectivity index (χ3v) is 7.32. The van der Waals surface area contributed by atoms with Gasteiger partial charge in [-0.3, -0.25) is 0 Å². The number of halogens is 1. The van der Waals surface area contributed by atoms with E-state index in [2.05, 4.69) is 29.0 Å². The van der Waals surface area contributed by atoms with Gasteiger partial charge >= 0.3 is 0 Å². The summed E-state index contributed by atoms with van der Waals surface area (Å²) in [7, 11) is -3.11. The minimum absolute atomic E-state index is 0.00203. The van der Waals surface area contributed by atoms with Gasteiger partial charge in [-0.15, -0.1) is 0 Å². The van der Waals surface area contributed by atoms with Gasteiger partial charge in [-0.25, -0.2) is 17.1 Å². The van der Waals surface area contributed by atoms with E-state index in [0.717, 1.165) is 56.9 Å². The molecule has 8 heteroatoms. The first kappa shape index (κ1) is 21.5. The van der Waals surface area contributed by atoms with Crippen LogP contribution >= 0.6 is 0 Å². The van der Waals surface area contributed by atoms with Crippen molar-refractivity contribution >= 4 is 15.7 Å². The van der Waals surface area contributed by atoms with E-state index in [1.807, 2.05) is 6.07 Å². The maximum absolute atomic E-state index is 14.0. The Balaban J connectivity index is 1.63. The zero-order valence-corrected chi connectivity index (χ0v) is 18.0. The second-order valence-electron chi connectivity index (χ2n) is 8.03. The van der Waals surface area contributed by atoms with Crippen molar-refractivity contribution in [2.75, 3.05) is 63.5 Å². The van der Waals surface area contributed by atoms with E-state index in [-0.39, 0.29) is 11.9 Å². The van der Waals surface area contributed by atoms with Gasteiger partial charge in [-0.05, 0) is 56.1 Å². The molecule has 0 bridgehead atoms. The molecule has 0 amide bonds. The minimum Gasteiger partial charge on any atom is -0.369 e. The summed E-state index contributed by atoms with van der Waals surface area (Å²) in [5.41, 5.74) is 2.07. The van der Waals surface area contributed by atoms with Crippen LogP contribution in [0.15, 0.2) is 18.2 Å². The van der Waals surface area contributed by atoms with Crippen molar-refractivity contribution in [1.29, 1.82) is 0 Å². The lowest BCUT2D eigenvalue weighted by atomic mass is 10.0. The predicted molar refractivity (Wildman–Crippen MR) is 112 cm³/mol. The monoisotopic (exact) mass is 412 g/mol. The fourth-order valence-electron chi connectivity index (χ4n) is 4.18. The summed E-state index contributed by atoms with van der Waals surface area (Å²) in [4.78, 5) is 4.77. The summed E-state index contributed by atoms with van der Waals surface area (Å²) in [6.45, 7) is 11.1. The highest BCUT2D eigenvalue weighted by molar-refractivity contribution is 7.88. The molecule has 28 heavy (non-hydrogen) atoms. The number of nitrogens with zero attached hydrogens (tertiary/aromatic N) is 3. The highest BCUT2D eigenvalue weighted by Crippen LogP contribution is 2.29. The van der Waals surface area contributed by atoms with Crippen molar-refractivity contribution < 1.29 is 12.8 Å². The molecule has 2 aliphatic rings. The normalized spacial score (nSPS) is 23.3. The summed E-state index contributed by atoms with van der Waals surface area (Å²) in [5.74, 6) is 0.0750. The van der Waals surface area contributed by atoms with Gasteiger partial charge in [0, 0.05) is 51.0 Å². The molecular weight excluding hydrogens is 379 g/mol. The Hall–Kier alpha value is -1.22. The van der Waals surface area contributed by atoms with Crippen LogP contribution in [0.5, 0.6) is 0 Å². The average Bonchev–Trinajstić information content (AvgIpc) is 3.16. The topological polar surface area (TPSA) is 55.9 Å². The van der Waals surface area contributed by atoms with Gasteiger partial charge in [0.25, 0.3) is 0 Å². The first-order valence-electron chi connectivity index (χ1n) is 10.2. The lowest BCUT2D eigenvalue weighted by Gasteiger charge is -2.37. The van der Waals surface area contributed by atoms with Gasteiger partial charge in [0.1, 0.15) is 5.82 Å². The second kappa shape index (κ2) is 9.07. The number of anilines is 1. The van der Waals surface area contributed by atoms with E-state index in [1.54, 1.807) is 16.4 Å². The Kier molecular flexibility index (Phi) is 6.96. The molecule has 0 aromatic heterocycles. The molecule has 0 unspecified atom stereocenters. The van der Waals surface area contributed by atoms with Crippen molar-refractivity contribution in [1.82, 2.24) is 14.5 Å². The van der Waals surface area contributed by atoms with Crippen molar-refractivity contribution in [2.45, 2.75) is 26.3 Å². The van der Waals surface area contributed by atoms with Crippen LogP contribution in [-0.4, -0.2) is 76.2 Å². The summed E-state index contributed by atoms with van der Waals surface area (Å²) in [5, 5.41) is 3.51. The van der Waals surface area contributed by atoms with Crippen LogP contribution < -0.4 is 10.2 Å². The van der Waals surface area contributed by atoms with E-state index in [1.165, 1.54) is 6.26 Å². The van der Waals surface area contributed by atoms with Crippen LogP contribution in [0.2, 0.25) is 0 Å². The molecule has 0 saturated carbocycles. The molecule has 2 atom stereocenters. The molecule has 158 valence electrons. The summed E-state index contributed by atoms with van der Waals surface area (Å²) in [6, 6.07) is 5.07. The minimum atomic E-state index is -3.11. The molecular formula is C20H33FN4O2S. The lowest BCUT2D eigenvalue weighted by molar-refractivity contribution is 0.271. The lowest BCUT2D eigenvalue weighted by Crippen LogP contribution is -2.46. The maximum atomic E-state index is 14.0. The van der Waals surface area contributed by atoms with Crippen molar-refractivity contribution in [2.24, 2.45) is 5.92 Å². The molecule has 0 aliphatic carbocycles. The van der Waals surface area contributed by atoms with E-state index < -0.39 is 10.0 Å². The molecule has 2 fully saturated rings. The van der Waals surface area contributed by atoms with Gasteiger partial charge in [0.15, 0.2) is 0 Å². The Morgan fingerprint density at radius 2 is 1.93 bits per heavy atom. The first-order valence-corrected chi connectivity index (χ1v) is 12.1. The standard InChI is InChI=1S/C20H33FN4O2S/c1-4-23-9-11-24(12-10-23)20-6-5-18(21)13-19(20)16(2)22-14-17-7-8-25(15-17)28(3,26)27/h5-6,13,16-17,22H,4,7-12,14-15H2,1-3H3/t16-,17+/m1/s1. The molecule has 2 heterocycles. The number of piperazine rings is 1. The number of nitrogens with one attached hydrogen (secondary N) is 1. The number of hydrogen-bond acceptors (Lipinski definition) is 5. The van der Waals surface area contributed by atoms with Crippen LogP contribution in [0, 0.1) is 11.7 Å². The first-order chi connectivity index (χ1) is 13.3. The molecule has 6 nitrogen and oxygen atoms in total. The zero-order valence-electron chi connectivity index (χ0n) is 17.2. The van der Waals surface area contributed by atoms with Crippen LogP contribution in [0.4, 0.5) is 10.1 Å². The molecule has 1 aromatic carbocycles. The van der Waals surface area contributed by atoms with Gasteiger partial charge in [0.2, 0.25) is 10.0 Å². The number of sulfonamides is 1. The van der Waals surface area contributed by atoms with Gasteiger partial charge in [-0.2, -0.15) is 0 Å². The molecule has 3 rings (SSSR count). The summed E-state index contributed by atoms with van der Waals surface area (Å²) >= 11 is 0.